The summed E-state index contributed by atoms with van der Waals surface area (Å²) in [7, 11) is 0. The number of rotatable bonds is 3. The van der Waals surface area contributed by atoms with Gasteiger partial charge in [-0.05, 0) is 0 Å². The number of nitrogens with zero attached hydrogens (tertiary/aromatic N) is 1. The Bertz CT molecular complexity index is 317. The van der Waals surface area contributed by atoms with E-state index in [9.17, 15) is 19.8 Å². The molecule has 3 N–H and O–H groups in total. The summed E-state index contributed by atoms with van der Waals surface area (Å²) in [6.45, 7) is 2.55. The van der Waals surface area contributed by atoms with Crippen LogP contribution in [0.4, 0.5) is 4.79 Å². The van der Waals surface area contributed by atoms with Gasteiger partial charge in [-0.25, -0.2) is 9.59 Å². The van der Waals surface area contributed by atoms with Gasteiger partial charge in [0.05, 0.1) is 13.1 Å². The van der Waals surface area contributed by atoms with E-state index in [2.05, 4.69) is 11.3 Å². The molecule has 0 radical (unpaired) electrons. The molecular weight excluding hydrogens is 218 g/mol. The molecule has 0 saturated carbocycles. The van der Waals surface area contributed by atoms with Crippen LogP contribution in [0.1, 0.15) is 0 Å². The van der Waals surface area contributed by atoms with Crippen LogP contribution in [0.3, 0.4) is 0 Å². The molecule has 0 aromatic carbocycles. The van der Waals surface area contributed by atoms with Gasteiger partial charge in [0.15, 0.2) is 0 Å². The summed E-state index contributed by atoms with van der Waals surface area (Å²) in [5.74, 6) is -1.57. The van der Waals surface area contributed by atoms with Crippen LogP contribution in [-0.2, 0) is 9.53 Å². The zero-order valence-corrected chi connectivity index (χ0v) is 8.50. The summed E-state index contributed by atoms with van der Waals surface area (Å²) < 4.78 is 4.65. The minimum absolute atomic E-state index is 0.0169. The SMILES string of the molecule is C=CCOC(=O)N1C[C@@H](O)[C@](O)(C(=O)O)C1. The fourth-order valence-electron chi connectivity index (χ4n) is 1.39. The van der Waals surface area contributed by atoms with E-state index in [-0.39, 0.29) is 13.2 Å². The van der Waals surface area contributed by atoms with Gasteiger partial charge in [0.1, 0.15) is 12.7 Å². The Morgan fingerprint density at radius 1 is 1.62 bits per heavy atom. The number of hydrogen-bond acceptors (Lipinski definition) is 5. The van der Waals surface area contributed by atoms with Gasteiger partial charge >= 0.3 is 12.1 Å². The lowest BCUT2D eigenvalue weighted by atomic mass is 10.0. The summed E-state index contributed by atoms with van der Waals surface area (Å²) in [6.07, 6.45) is -0.967. The minimum Gasteiger partial charge on any atom is -0.479 e. The number of aliphatic carboxylic acids is 1. The second kappa shape index (κ2) is 4.50. The molecule has 1 fully saturated rings. The monoisotopic (exact) mass is 231 g/mol. The Labute approximate surface area is 91.5 Å². The van der Waals surface area contributed by atoms with Crippen molar-refractivity contribution in [3.63, 3.8) is 0 Å². The second-order valence-corrected chi connectivity index (χ2v) is 3.49. The van der Waals surface area contributed by atoms with Gasteiger partial charge in [0.2, 0.25) is 5.60 Å². The molecule has 7 heteroatoms. The molecular formula is C9H13NO6. The third-order valence-electron chi connectivity index (χ3n) is 2.33. The molecule has 0 bridgehead atoms. The highest BCUT2D eigenvalue weighted by Crippen LogP contribution is 2.22. The van der Waals surface area contributed by atoms with Gasteiger partial charge in [-0.1, -0.05) is 12.7 Å². The number of likely N-dealkylation sites (tertiary alicyclic amines) is 1. The molecule has 1 aliphatic heterocycles. The Kier molecular flexibility index (Phi) is 3.51. The first-order chi connectivity index (χ1) is 7.41. The molecule has 0 aliphatic carbocycles. The fraction of sp³-hybridized carbons (Fsp3) is 0.556. The highest BCUT2D eigenvalue weighted by molar-refractivity contribution is 5.81. The van der Waals surface area contributed by atoms with E-state index in [4.69, 9.17) is 5.11 Å². The average Bonchev–Trinajstić information content (AvgIpc) is 2.53. The van der Waals surface area contributed by atoms with Crippen molar-refractivity contribution in [1.82, 2.24) is 4.90 Å². The van der Waals surface area contributed by atoms with E-state index in [1.54, 1.807) is 0 Å². The number of β-amino-alcohol motifs (C(OH)–C–C–N with tert-alkyl or cyclic N) is 2. The summed E-state index contributed by atoms with van der Waals surface area (Å²) in [6, 6.07) is 0. The van der Waals surface area contributed by atoms with Crippen LogP contribution in [0.25, 0.3) is 0 Å². The molecule has 7 nitrogen and oxygen atoms in total. The number of ether oxygens (including phenoxy) is 1. The largest absolute Gasteiger partial charge is 0.479 e. The third kappa shape index (κ3) is 2.15. The fourth-order valence-corrected chi connectivity index (χ4v) is 1.39. The minimum atomic E-state index is -2.33. The van der Waals surface area contributed by atoms with Crippen LogP contribution in [0.15, 0.2) is 12.7 Å². The van der Waals surface area contributed by atoms with E-state index < -0.39 is 30.3 Å². The Morgan fingerprint density at radius 2 is 2.25 bits per heavy atom. The Morgan fingerprint density at radius 3 is 2.69 bits per heavy atom. The number of amides is 1. The van der Waals surface area contributed by atoms with Crippen molar-refractivity contribution in [1.29, 1.82) is 0 Å². The second-order valence-electron chi connectivity index (χ2n) is 3.49. The van der Waals surface area contributed by atoms with Crippen LogP contribution in [0.2, 0.25) is 0 Å². The first-order valence-corrected chi connectivity index (χ1v) is 4.58. The first-order valence-electron chi connectivity index (χ1n) is 4.58. The molecule has 16 heavy (non-hydrogen) atoms. The first kappa shape index (κ1) is 12.5. The molecule has 2 atom stereocenters. The van der Waals surface area contributed by atoms with Gasteiger partial charge in [-0.15, -0.1) is 0 Å². The number of carboxylic acids is 1. The third-order valence-corrected chi connectivity index (χ3v) is 2.33. The molecule has 0 aromatic heterocycles. The number of hydrogen-bond donors (Lipinski definition) is 3. The molecule has 0 aromatic rings. The lowest BCUT2D eigenvalue weighted by molar-refractivity contribution is -0.165. The maximum Gasteiger partial charge on any atom is 0.410 e. The maximum atomic E-state index is 11.3. The number of carbonyl (C=O) groups is 2. The van der Waals surface area contributed by atoms with Crippen molar-refractivity contribution < 1.29 is 29.6 Å². The van der Waals surface area contributed by atoms with E-state index >= 15 is 0 Å². The normalized spacial score (nSPS) is 28.9. The smallest absolute Gasteiger partial charge is 0.410 e. The highest BCUT2D eigenvalue weighted by Gasteiger charge is 2.52. The Balaban J connectivity index is 2.66. The van der Waals surface area contributed by atoms with Crippen molar-refractivity contribution in [2.75, 3.05) is 19.7 Å². The molecule has 90 valence electrons. The van der Waals surface area contributed by atoms with Crippen LogP contribution in [0.5, 0.6) is 0 Å². The summed E-state index contributed by atoms with van der Waals surface area (Å²) >= 11 is 0. The lowest BCUT2D eigenvalue weighted by Gasteiger charge is -2.19. The van der Waals surface area contributed by atoms with Crippen LogP contribution in [0, 0.1) is 0 Å². The summed E-state index contributed by atoms with van der Waals surface area (Å²) in [5.41, 5.74) is -2.33. The van der Waals surface area contributed by atoms with Gasteiger partial charge in [0, 0.05) is 0 Å². The predicted molar refractivity (Wildman–Crippen MR) is 51.7 cm³/mol. The van der Waals surface area contributed by atoms with Crippen molar-refractivity contribution in [3.05, 3.63) is 12.7 Å². The van der Waals surface area contributed by atoms with E-state index in [0.29, 0.717) is 0 Å². The van der Waals surface area contributed by atoms with Gasteiger partial charge in [0.25, 0.3) is 0 Å². The van der Waals surface area contributed by atoms with Crippen LogP contribution >= 0.6 is 0 Å². The molecule has 1 saturated heterocycles. The number of carbonyl (C=O) groups excluding carboxylic acids is 1. The zero-order chi connectivity index (χ0) is 12.3. The Hall–Kier alpha value is -1.60. The van der Waals surface area contributed by atoms with Crippen molar-refractivity contribution in [2.24, 2.45) is 0 Å². The molecule has 0 unspecified atom stereocenters. The molecule has 1 rings (SSSR count). The van der Waals surface area contributed by atoms with Gasteiger partial charge < -0.3 is 25.0 Å². The molecule has 1 aliphatic rings. The topological polar surface area (TPSA) is 107 Å². The van der Waals surface area contributed by atoms with E-state index in [0.717, 1.165) is 4.90 Å². The van der Waals surface area contributed by atoms with Crippen molar-refractivity contribution in [3.8, 4) is 0 Å². The number of carboxylic acid groups (broad SMARTS) is 1. The molecule has 1 amide bonds. The average molecular weight is 231 g/mol. The molecule has 1 heterocycles. The lowest BCUT2D eigenvalue weighted by Crippen LogP contribution is -2.49. The quantitative estimate of drug-likeness (QED) is 0.527. The van der Waals surface area contributed by atoms with Crippen molar-refractivity contribution in [2.45, 2.75) is 11.7 Å². The van der Waals surface area contributed by atoms with Crippen molar-refractivity contribution >= 4 is 12.1 Å². The zero-order valence-electron chi connectivity index (χ0n) is 8.50. The van der Waals surface area contributed by atoms with E-state index in [1.165, 1.54) is 6.08 Å². The number of aliphatic hydroxyl groups is 2. The summed E-state index contributed by atoms with van der Waals surface area (Å²) in [4.78, 5) is 22.9. The van der Waals surface area contributed by atoms with Gasteiger partial charge in [-0.3, -0.25) is 0 Å². The predicted octanol–water partition coefficient (Wildman–Crippen LogP) is -1.20. The van der Waals surface area contributed by atoms with Crippen LogP contribution in [-0.4, -0.2) is 63.7 Å². The summed E-state index contributed by atoms with van der Waals surface area (Å²) in [5, 5.41) is 27.6. The van der Waals surface area contributed by atoms with Gasteiger partial charge in [-0.2, -0.15) is 0 Å². The van der Waals surface area contributed by atoms with Crippen LogP contribution < -0.4 is 0 Å². The maximum absolute atomic E-state index is 11.3. The standard InChI is InChI=1S/C9H13NO6/c1-2-3-16-8(14)10-4-6(11)9(15,5-10)7(12)13/h2,6,11,15H,1,3-5H2,(H,12,13)/t6-,9+/m1/s1. The molecule has 0 spiro atoms. The number of aliphatic hydroxyl groups excluding tert-OH is 1. The highest BCUT2D eigenvalue weighted by atomic mass is 16.6. The van der Waals surface area contributed by atoms with E-state index in [1.807, 2.05) is 0 Å².